The molecule has 10 heteroatoms. The van der Waals surface area contributed by atoms with Crippen LogP contribution in [0.4, 0.5) is 10.9 Å². The van der Waals surface area contributed by atoms with Crippen molar-refractivity contribution in [1.29, 1.82) is 0 Å². The minimum Gasteiger partial charge on any atom is -0.368 e. The SMILES string of the molecule is Cc1c(-c2ccccc2)sc(NC(=O)CSc2n[nH]c(N)n2)c1C(=O)N1CCCCC1. The third-order valence-electron chi connectivity index (χ3n) is 5.11. The molecule has 0 saturated carbocycles. The molecule has 8 nitrogen and oxygen atoms in total. The molecule has 1 aliphatic rings. The number of aromatic nitrogens is 3. The van der Waals surface area contributed by atoms with Crippen molar-refractivity contribution >= 4 is 45.9 Å². The maximum atomic E-state index is 13.4. The molecule has 3 aromatic rings. The molecule has 1 fully saturated rings. The summed E-state index contributed by atoms with van der Waals surface area (Å²) in [6, 6.07) is 9.93. The number of nitrogens with zero attached hydrogens (tertiary/aromatic N) is 3. The van der Waals surface area contributed by atoms with E-state index in [0.29, 0.717) is 15.7 Å². The molecule has 0 aliphatic carbocycles. The third-order valence-corrected chi connectivity index (χ3v) is 7.21. The Bertz CT molecular complexity index is 1070. The van der Waals surface area contributed by atoms with Gasteiger partial charge in [0.1, 0.15) is 5.00 Å². The van der Waals surface area contributed by atoms with E-state index in [1.54, 1.807) is 0 Å². The lowest BCUT2D eigenvalue weighted by molar-refractivity contribution is -0.113. The maximum Gasteiger partial charge on any atom is 0.257 e. The number of likely N-dealkylation sites (tertiary alicyclic amines) is 1. The van der Waals surface area contributed by atoms with Crippen molar-refractivity contribution in [3.05, 3.63) is 41.5 Å². The lowest BCUT2D eigenvalue weighted by Crippen LogP contribution is -2.36. The van der Waals surface area contributed by atoms with Crippen LogP contribution in [0.3, 0.4) is 0 Å². The highest BCUT2D eigenvalue weighted by Gasteiger charge is 2.27. The van der Waals surface area contributed by atoms with Gasteiger partial charge in [0, 0.05) is 18.0 Å². The highest BCUT2D eigenvalue weighted by Crippen LogP contribution is 2.40. The van der Waals surface area contributed by atoms with Gasteiger partial charge in [0.25, 0.3) is 5.91 Å². The number of thiophene rings is 1. The largest absolute Gasteiger partial charge is 0.368 e. The summed E-state index contributed by atoms with van der Waals surface area (Å²) in [4.78, 5) is 32.9. The Morgan fingerprint density at radius 1 is 1.23 bits per heavy atom. The lowest BCUT2D eigenvalue weighted by Gasteiger charge is -2.27. The zero-order valence-corrected chi connectivity index (χ0v) is 18.8. The van der Waals surface area contributed by atoms with Crippen molar-refractivity contribution in [1.82, 2.24) is 20.1 Å². The predicted molar refractivity (Wildman–Crippen MR) is 124 cm³/mol. The van der Waals surface area contributed by atoms with Crippen molar-refractivity contribution in [2.24, 2.45) is 0 Å². The van der Waals surface area contributed by atoms with Gasteiger partial charge in [-0.1, -0.05) is 42.1 Å². The summed E-state index contributed by atoms with van der Waals surface area (Å²) in [6.45, 7) is 3.46. The van der Waals surface area contributed by atoms with E-state index in [1.165, 1.54) is 23.1 Å². The van der Waals surface area contributed by atoms with Gasteiger partial charge in [-0.25, -0.2) is 5.10 Å². The van der Waals surface area contributed by atoms with E-state index in [4.69, 9.17) is 5.73 Å². The smallest absolute Gasteiger partial charge is 0.257 e. The number of aromatic amines is 1. The zero-order valence-electron chi connectivity index (χ0n) is 17.2. The number of thioether (sulfide) groups is 1. The molecule has 1 aliphatic heterocycles. The van der Waals surface area contributed by atoms with Crippen LogP contribution in [0.15, 0.2) is 35.5 Å². The number of benzene rings is 1. The summed E-state index contributed by atoms with van der Waals surface area (Å²) in [7, 11) is 0. The van der Waals surface area contributed by atoms with Crippen LogP contribution in [0.1, 0.15) is 35.2 Å². The van der Waals surface area contributed by atoms with E-state index in [1.807, 2.05) is 42.2 Å². The summed E-state index contributed by atoms with van der Waals surface area (Å²) >= 11 is 2.62. The summed E-state index contributed by atoms with van der Waals surface area (Å²) < 4.78 is 0. The van der Waals surface area contributed by atoms with Gasteiger partial charge in [0.15, 0.2) is 0 Å². The van der Waals surface area contributed by atoms with Crippen LogP contribution >= 0.6 is 23.1 Å². The standard InChI is InChI=1S/C21H24N6O2S2/c1-13-16(19(29)27-10-6-3-7-11-27)18(31-17(13)14-8-4-2-5-9-14)23-15(28)12-30-21-24-20(22)25-26-21/h2,4-5,8-9H,3,6-7,10-12H2,1H3,(H,23,28)(H3,22,24,25,26). The Hall–Kier alpha value is -2.85. The second-order valence-electron chi connectivity index (χ2n) is 7.32. The Balaban J connectivity index is 1.59. The normalized spacial score (nSPS) is 13.9. The molecule has 0 spiro atoms. The first-order chi connectivity index (χ1) is 15.0. The monoisotopic (exact) mass is 456 g/mol. The number of anilines is 2. The number of nitrogens with one attached hydrogen (secondary N) is 2. The van der Waals surface area contributed by atoms with Crippen molar-refractivity contribution in [3.63, 3.8) is 0 Å². The van der Waals surface area contributed by atoms with E-state index in [0.717, 1.165) is 48.4 Å². The van der Waals surface area contributed by atoms with Crippen LogP contribution in [-0.4, -0.2) is 50.7 Å². The number of hydrogen-bond donors (Lipinski definition) is 3. The quantitative estimate of drug-likeness (QED) is 0.486. The first-order valence-electron chi connectivity index (χ1n) is 10.1. The van der Waals surface area contributed by atoms with E-state index >= 15 is 0 Å². The third kappa shape index (κ3) is 4.91. The average Bonchev–Trinajstić information content (AvgIpc) is 3.35. The van der Waals surface area contributed by atoms with Crippen LogP contribution in [0.5, 0.6) is 0 Å². The minimum atomic E-state index is -0.220. The second-order valence-corrected chi connectivity index (χ2v) is 9.28. The summed E-state index contributed by atoms with van der Waals surface area (Å²) in [5.41, 5.74) is 8.04. The Morgan fingerprint density at radius 3 is 2.65 bits per heavy atom. The topological polar surface area (TPSA) is 117 Å². The summed E-state index contributed by atoms with van der Waals surface area (Å²) in [5, 5.41) is 10.4. The van der Waals surface area contributed by atoms with Crippen molar-refractivity contribution in [2.75, 3.05) is 29.9 Å². The number of amides is 2. The number of rotatable bonds is 6. The molecule has 0 radical (unpaired) electrons. The minimum absolute atomic E-state index is 0.0136. The van der Waals surface area contributed by atoms with E-state index in [-0.39, 0.29) is 23.5 Å². The van der Waals surface area contributed by atoms with Gasteiger partial charge in [0.05, 0.1) is 11.3 Å². The number of carbonyl (C=O) groups is 2. The number of hydrogen-bond acceptors (Lipinski definition) is 7. The zero-order chi connectivity index (χ0) is 21.8. The Labute approximate surface area is 188 Å². The maximum absolute atomic E-state index is 13.4. The van der Waals surface area contributed by atoms with Crippen LogP contribution < -0.4 is 11.1 Å². The van der Waals surface area contributed by atoms with Crippen LogP contribution in [0, 0.1) is 6.92 Å². The summed E-state index contributed by atoms with van der Waals surface area (Å²) in [5.74, 6) is 0.0904. The lowest BCUT2D eigenvalue weighted by atomic mass is 10.0. The molecule has 4 N–H and O–H groups in total. The molecule has 31 heavy (non-hydrogen) atoms. The molecule has 162 valence electrons. The number of H-pyrrole nitrogens is 1. The average molecular weight is 457 g/mol. The van der Waals surface area contributed by atoms with Gasteiger partial charge < -0.3 is 16.0 Å². The van der Waals surface area contributed by atoms with Crippen LogP contribution in [0.2, 0.25) is 0 Å². The number of nitrogen functional groups attached to an aromatic ring is 1. The van der Waals surface area contributed by atoms with Gasteiger partial charge in [-0.2, -0.15) is 4.98 Å². The first-order valence-corrected chi connectivity index (χ1v) is 11.9. The van der Waals surface area contributed by atoms with Gasteiger partial charge >= 0.3 is 0 Å². The van der Waals surface area contributed by atoms with Crippen molar-refractivity contribution in [2.45, 2.75) is 31.3 Å². The first kappa shape index (κ1) is 21.4. The fourth-order valence-electron chi connectivity index (χ4n) is 3.59. The molecule has 0 bridgehead atoms. The highest BCUT2D eigenvalue weighted by molar-refractivity contribution is 7.99. The van der Waals surface area contributed by atoms with Gasteiger partial charge in [-0.15, -0.1) is 16.4 Å². The molecule has 2 amide bonds. The van der Waals surface area contributed by atoms with E-state index in [2.05, 4.69) is 20.5 Å². The Kier molecular flexibility index (Phi) is 6.57. The molecular formula is C21H24N6O2S2. The van der Waals surface area contributed by atoms with Crippen LogP contribution in [0.25, 0.3) is 10.4 Å². The molecule has 0 unspecified atom stereocenters. The van der Waals surface area contributed by atoms with Crippen molar-refractivity contribution < 1.29 is 9.59 Å². The molecule has 3 heterocycles. The molecule has 1 aromatic carbocycles. The van der Waals surface area contributed by atoms with Gasteiger partial charge in [-0.3, -0.25) is 9.59 Å². The fourth-order valence-corrected chi connectivity index (χ4v) is 5.42. The second kappa shape index (κ2) is 9.52. The number of piperidine rings is 1. The molecular weight excluding hydrogens is 432 g/mol. The van der Waals surface area contributed by atoms with Crippen molar-refractivity contribution in [3.8, 4) is 10.4 Å². The van der Waals surface area contributed by atoms with Gasteiger partial charge in [0.2, 0.25) is 17.0 Å². The Morgan fingerprint density at radius 2 is 1.97 bits per heavy atom. The summed E-state index contributed by atoms with van der Waals surface area (Å²) in [6.07, 6.45) is 3.17. The fraction of sp³-hybridized carbons (Fsp3) is 0.333. The predicted octanol–water partition coefficient (Wildman–Crippen LogP) is 3.78. The molecule has 2 aromatic heterocycles. The van der Waals surface area contributed by atoms with E-state index in [9.17, 15) is 9.59 Å². The van der Waals surface area contributed by atoms with Crippen LogP contribution in [-0.2, 0) is 4.79 Å². The van der Waals surface area contributed by atoms with E-state index < -0.39 is 0 Å². The van der Waals surface area contributed by atoms with Gasteiger partial charge in [-0.05, 0) is 37.3 Å². The number of nitrogens with two attached hydrogens (primary N) is 1. The molecule has 1 saturated heterocycles. The molecule has 0 atom stereocenters. The highest BCUT2D eigenvalue weighted by atomic mass is 32.2. The number of carbonyl (C=O) groups excluding carboxylic acids is 2. The molecule has 4 rings (SSSR count).